The monoisotopic (exact) mass is 730 g/mol. The molecule has 0 saturated carbocycles. The van der Waals surface area contributed by atoms with Crippen molar-refractivity contribution in [2.24, 2.45) is 0 Å². The van der Waals surface area contributed by atoms with Gasteiger partial charge in [-0.05, 0) is 77.1 Å². The van der Waals surface area contributed by atoms with Crippen LogP contribution in [0.1, 0.15) is 50.0 Å². The van der Waals surface area contributed by atoms with E-state index >= 15 is 0 Å². The number of phenols is 1. The third-order valence-electron chi connectivity index (χ3n) is 9.82. The van der Waals surface area contributed by atoms with E-state index in [1.165, 1.54) is 6.07 Å². The lowest BCUT2D eigenvalue weighted by atomic mass is 10.0. The highest BCUT2D eigenvalue weighted by Gasteiger charge is 2.39. The molecule has 0 aliphatic rings. The van der Waals surface area contributed by atoms with Gasteiger partial charge >= 0.3 is 6.09 Å². The number of carboxylic acid groups (broad SMARTS) is 1. The zero-order valence-electron chi connectivity index (χ0n) is 30.7. The fourth-order valence-corrected chi connectivity index (χ4v) is 7.29. The number of anilines is 1. The minimum absolute atomic E-state index is 0.0178. The Morgan fingerprint density at radius 3 is 2.51 bits per heavy atom. The molecule has 2 heterocycles. The molecule has 6 aromatic rings. The molecule has 0 aliphatic carbocycles. The minimum atomic E-state index is -2.21. The number of rotatable bonds is 13. The number of fused-ring (bicyclic) bond motifs is 2. The predicted octanol–water partition coefficient (Wildman–Crippen LogP) is 8.69. The first-order valence-electron chi connectivity index (χ1n) is 17.7. The number of H-pyrrole nitrogens is 1. The van der Waals surface area contributed by atoms with Gasteiger partial charge in [0.2, 0.25) is 5.56 Å². The largest absolute Gasteiger partial charge is 0.506 e. The highest BCUT2D eigenvalue weighted by atomic mass is 28.4. The summed E-state index contributed by atoms with van der Waals surface area (Å²) < 4.78 is 6.94. The van der Waals surface area contributed by atoms with Gasteiger partial charge in [-0.3, -0.25) is 10.1 Å². The Balaban J connectivity index is 1.11. The van der Waals surface area contributed by atoms with Crippen LogP contribution in [0.15, 0.2) is 102 Å². The molecular weight excluding hydrogens is 685 g/mol. The number of hydrogen-bond acceptors (Lipinski definition) is 7. The molecule has 2 aromatic heterocycles. The van der Waals surface area contributed by atoms with Gasteiger partial charge in [-0.25, -0.2) is 4.79 Å². The summed E-state index contributed by atoms with van der Waals surface area (Å²) >= 11 is 0. The van der Waals surface area contributed by atoms with Gasteiger partial charge < -0.3 is 24.9 Å². The molecule has 274 valence electrons. The Labute approximate surface area is 309 Å². The second kappa shape index (κ2) is 15.6. The van der Waals surface area contributed by atoms with Crippen molar-refractivity contribution in [1.82, 2.24) is 25.3 Å². The van der Waals surface area contributed by atoms with E-state index in [1.807, 2.05) is 84.9 Å². The molecule has 0 saturated heterocycles. The number of aryl methyl sites for hydroxylation is 1. The van der Waals surface area contributed by atoms with Crippen LogP contribution in [-0.4, -0.2) is 51.1 Å². The van der Waals surface area contributed by atoms with Crippen LogP contribution in [0.3, 0.4) is 0 Å². The Hall–Kier alpha value is -5.56. The summed E-state index contributed by atoms with van der Waals surface area (Å²) in [4.78, 5) is 28.0. The third kappa shape index (κ3) is 8.91. The smallest absolute Gasteiger partial charge is 0.409 e. The molecule has 1 atom stereocenters. The van der Waals surface area contributed by atoms with Crippen LogP contribution in [0.2, 0.25) is 18.1 Å². The zero-order valence-corrected chi connectivity index (χ0v) is 31.7. The van der Waals surface area contributed by atoms with Crippen molar-refractivity contribution in [3.63, 3.8) is 0 Å². The zero-order chi connectivity index (χ0) is 37.8. The fraction of sp³-hybridized carbons (Fsp3) is 0.268. The molecule has 0 aliphatic heterocycles. The fourth-order valence-electron chi connectivity index (χ4n) is 6.01. The van der Waals surface area contributed by atoms with Gasteiger partial charge in [0, 0.05) is 30.1 Å². The van der Waals surface area contributed by atoms with Gasteiger partial charge in [0.15, 0.2) is 8.32 Å². The number of amides is 1. The highest BCUT2D eigenvalue weighted by molar-refractivity contribution is 6.74. The molecule has 53 heavy (non-hydrogen) atoms. The van der Waals surface area contributed by atoms with Crippen molar-refractivity contribution in [3.8, 4) is 16.9 Å². The number of nitrogens with one attached hydrogen (secondary N) is 3. The van der Waals surface area contributed by atoms with Crippen LogP contribution in [0.5, 0.6) is 5.75 Å². The van der Waals surface area contributed by atoms with E-state index in [0.29, 0.717) is 37.3 Å². The second-order valence-corrected chi connectivity index (χ2v) is 19.5. The molecule has 11 nitrogen and oxygen atoms in total. The van der Waals surface area contributed by atoms with E-state index < -0.39 is 14.4 Å². The maximum atomic E-state index is 12.1. The van der Waals surface area contributed by atoms with Crippen LogP contribution in [0, 0.1) is 0 Å². The van der Waals surface area contributed by atoms with E-state index in [9.17, 15) is 19.8 Å². The first kappa shape index (κ1) is 37.2. The number of pyridine rings is 1. The van der Waals surface area contributed by atoms with E-state index in [-0.39, 0.29) is 22.5 Å². The number of benzene rings is 4. The summed E-state index contributed by atoms with van der Waals surface area (Å²) in [7, 11) is -2.21. The molecule has 0 spiro atoms. The summed E-state index contributed by atoms with van der Waals surface area (Å²) in [5, 5.41) is 36.1. The minimum Gasteiger partial charge on any atom is -0.506 e. The molecule has 12 heteroatoms. The number of aromatic nitrogens is 4. The third-order valence-corrected chi connectivity index (χ3v) is 14.3. The number of aromatic amines is 1. The Kier molecular flexibility index (Phi) is 10.9. The lowest BCUT2D eigenvalue weighted by molar-refractivity contribution is 0.181. The lowest BCUT2D eigenvalue weighted by Crippen LogP contribution is -2.43. The Morgan fingerprint density at radius 1 is 0.981 bits per heavy atom. The van der Waals surface area contributed by atoms with E-state index in [1.54, 1.807) is 16.9 Å². The van der Waals surface area contributed by atoms with E-state index in [2.05, 4.69) is 54.6 Å². The molecule has 4 aromatic carbocycles. The summed E-state index contributed by atoms with van der Waals surface area (Å²) in [6.07, 6.45) is 3.26. The maximum absolute atomic E-state index is 12.1. The molecular formula is C41H46N6O5Si. The van der Waals surface area contributed by atoms with Crippen molar-refractivity contribution >= 4 is 48.1 Å². The van der Waals surface area contributed by atoms with Crippen molar-refractivity contribution in [3.05, 3.63) is 124 Å². The van der Waals surface area contributed by atoms with Gasteiger partial charge in [0.25, 0.3) is 0 Å². The summed E-state index contributed by atoms with van der Waals surface area (Å²) in [5.74, 6) is 0.0239. The van der Waals surface area contributed by atoms with Gasteiger partial charge in [-0.1, -0.05) is 87.5 Å². The quantitative estimate of drug-likeness (QED) is 0.0740. The number of aromatic hydroxyl groups is 1. The molecule has 0 unspecified atom stereocenters. The van der Waals surface area contributed by atoms with Crippen LogP contribution in [0.4, 0.5) is 10.5 Å². The predicted molar refractivity (Wildman–Crippen MR) is 214 cm³/mol. The highest BCUT2D eigenvalue weighted by Crippen LogP contribution is 2.41. The Morgan fingerprint density at radius 2 is 1.75 bits per heavy atom. The molecule has 1 amide bonds. The van der Waals surface area contributed by atoms with Crippen molar-refractivity contribution in [2.75, 3.05) is 11.9 Å². The number of nitrogens with zero attached hydrogens (tertiary/aromatic N) is 3. The van der Waals surface area contributed by atoms with Gasteiger partial charge in [-0.2, -0.15) is 15.0 Å². The first-order valence-corrected chi connectivity index (χ1v) is 20.6. The van der Waals surface area contributed by atoms with Crippen LogP contribution >= 0.6 is 0 Å². The van der Waals surface area contributed by atoms with Crippen LogP contribution in [0.25, 0.3) is 39.1 Å². The number of allylic oxidation sites excluding steroid dienone is 1. The maximum Gasteiger partial charge on any atom is 0.409 e. The molecule has 0 fully saturated rings. The number of phenolic OH excluding ortho intramolecular Hbond substituents is 1. The van der Waals surface area contributed by atoms with Crippen molar-refractivity contribution in [2.45, 2.75) is 64.5 Å². The van der Waals surface area contributed by atoms with Gasteiger partial charge in [-0.15, -0.1) is 0 Å². The average molecular weight is 731 g/mol. The van der Waals surface area contributed by atoms with E-state index in [0.717, 1.165) is 44.2 Å². The first-order chi connectivity index (χ1) is 25.3. The normalized spacial score (nSPS) is 12.8. The molecule has 5 N–H and O–H groups in total. The lowest BCUT2D eigenvalue weighted by Gasteiger charge is -2.39. The van der Waals surface area contributed by atoms with Gasteiger partial charge in [0.05, 0.1) is 23.9 Å². The standard InChI is InChI=1S/C41H46N6O5Si/c1-41(2,3)53(4,5)52-37(31-17-20-36(48)39-32(31)18-21-38(49)44-39)26-42-25-28-15-19-33-35(24-28)46-47(45-33)22-10-9-11-27-14-16-30(29-12-7-6-8-13-29)34(23-27)43-40(50)51/h6-9,11-21,23-24,37,42-43,48H,10,22,25-26H2,1-5H3,(H,44,49)(H,50,51)/b11-9+/t37-/m1/s1. The van der Waals surface area contributed by atoms with Crippen molar-refractivity contribution < 1.29 is 19.4 Å². The topological polar surface area (TPSA) is 154 Å². The molecule has 6 rings (SSSR count). The van der Waals surface area contributed by atoms with Crippen LogP contribution < -0.4 is 16.2 Å². The van der Waals surface area contributed by atoms with Gasteiger partial charge in [0.1, 0.15) is 16.8 Å². The second-order valence-electron chi connectivity index (χ2n) is 14.7. The summed E-state index contributed by atoms with van der Waals surface area (Å²) in [5.41, 5.74) is 6.86. The Bertz CT molecular complexity index is 2330. The number of hydrogen-bond donors (Lipinski definition) is 5. The van der Waals surface area contributed by atoms with E-state index in [4.69, 9.17) is 9.52 Å². The molecule has 0 bridgehead atoms. The number of carbonyl (C=O) groups is 1. The summed E-state index contributed by atoms with van der Waals surface area (Å²) in [6, 6.07) is 28.2. The SMILES string of the molecule is CC(C)(C)[Si](C)(C)O[C@H](CNCc1ccc2nn(CC/C=C/c3ccc(-c4ccccc4)c(NC(=O)O)c3)nc2c1)c1ccc(O)c2[nH]c(=O)ccc12. The summed E-state index contributed by atoms with van der Waals surface area (Å²) in [6.45, 7) is 12.7. The van der Waals surface area contributed by atoms with Crippen LogP contribution in [-0.2, 0) is 17.5 Å². The molecule has 0 radical (unpaired) electrons. The van der Waals surface area contributed by atoms with Crippen molar-refractivity contribution in [1.29, 1.82) is 0 Å². The average Bonchev–Trinajstić information content (AvgIpc) is 3.52.